The molecule has 2 fully saturated rings. The van der Waals surface area contributed by atoms with E-state index in [9.17, 15) is 8.78 Å². The van der Waals surface area contributed by atoms with Crippen LogP contribution in [0.2, 0.25) is 0 Å². The van der Waals surface area contributed by atoms with Crippen molar-refractivity contribution in [3.63, 3.8) is 0 Å². The third-order valence-electron chi connectivity index (χ3n) is 4.01. The molecule has 1 aromatic rings. The summed E-state index contributed by atoms with van der Waals surface area (Å²) in [5.41, 5.74) is 0.378. The standard InChI is InChI=1S/C14H17BrF2N2/c1-8-4-9(7-19(8)10-2-3-10)18-14-5-11(15)12(16)6-13(14)17/h5-6,8-10,18H,2-4,7H2,1H3. The largest absolute Gasteiger partial charge is 0.379 e. The summed E-state index contributed by atoms with van der Waals surface area (Å²) in [4.78, 5) is 2.49. The number of benzene rings is 1. The van der Waals surface area contributed by atoms with Crippen molar-refractivity contribution in [3.8, 4) is 0 Å². The number of rotatable bonds is 3. The van der Waals surface area contributed by atoms with Crippen LogP contribution in [0.15, 0.2) is 16.6 Å². The van der Waals surface area contributed by atoms with Gasteiger partial charge in [-0.25, -0.2) is 8.78 Å². The van der Waals surface area contributed by atoms with Gasteiger partial charge in [0.15, 0.2) is 0 Å². The molecule has 0 amide bonds. The maximum absolute atomic E-state index is 13.7. The third-order valence-corrected chi connectivity index (χ3v) is 4.62. The molecule has 0 bridgehead atoms. The van der Waals surface area contributed by atoms with Crippen molar-refractivity contribution in [2.24, 2.45) is 0 Å². The molecule has 2 nitrogen and oxygen atoms in total. The van der Waals surface area contributed by atoms with Gasteiger partial charge in [0.2, 0.25) is 0 Å². The van der Waals surface area contributed by atoms with Crippen LogP contribution < -0.4 is 5.32 Å². The summed E-state index contributed by atoms with van der Waals surface area (Å²) >= 11 is 3.09. The van der Waals surface area contributed by atoms with E-state index in [-0.39, 0.29) is 6.04 Å². The Morgan fingerprint density at radius 2 is 2.00 bits per heavy atom. The number of anilines is 1. The lowest BCUT2D eigenvalue weighted by Crippen LogP contribution is -2.31. The summed E-state index contributed by atoms with van der Waals surface area (Å²) in [6, 6.07) is 3.91. The van der Waals surface area contributed by atoms with Crippen LogP contribution in [0.4, 0.5) is 14.5 Å². The highest BCUT2D eigenvalue weighted by Gasteiger charge is 2.38. The molecule has 1 saturated heterocycles. The zero-order valence-corrected chi connectivity index (χ0v) is 12.4. The minimum atomic E-state index is -0.567. The Hall–Kier alpha value is -0.680. The second-order valence-corrected chi connectivity index (χ2v) is 6.45. The van der Waals surface area contributed by atoms with Crippen molar-refractivity contribution in [2.45, 2.75) is 44.3 Å². The molecule has 1 aromatic carbocycles. The van der Waals surface area contributed by atoms with Crippen molar-refractivity contribution < 1.29 is 8.78 Å². The molecule has 2 aliphatic rings. The second kappa shape index (κ2) is 5.02. The van der Waals surface area contributed by atoms with Crippen molar-refractivity contribution in [2.75, 3.05) is 11.9 Å². The second-order valence-electron chi connectivity index (χ2n) is 5.60. The topological polar surface area (TPSA) is 15.3 Å². The van der Waals surface area contributed by atoms with E-state index in [1.165, 1.54) is 18.9 Å². The Morgan fingerprint density at radius 3 is 2.68 bits per heavy atom. The summed E-state index contributed by atoms with van der Waals surface area (Å²) in [6.07, 6.45) is 3.58. The maximum atomic E-state index is 13.7. The van der Waals surface area contributed by atoms with Crippen LogP contribution in [0.3, 0.4) is 0 Å². The van der Waals surface area contributed by atoms with Gasteiger partial charge in [-0.05, 0) is 48.2 Å². The first-order valence-corrected chi connectivity index (χ1v) is 7.50. The number of hydrogen-bond donors (Lipinski definition) is 1. The average molecular weight is 331 g/mol. The van der Waals surface area contributed by atoms with Crippen LogP contribution in [0, 0.1) is 11.6 Å². The SMILES string of the molecule is CC1CC(Nc2cc(Br)c(F)cc2F)CN1C1CC1. The molecule has 1 aliphatic heterocycles. The molecule has 104 valence electrons. The van der Waals surface area contributed by atoms with E-state index in [0.29, 0.717) is 16.2 Å². The number of likely N-dealkylation sites (tertiary alicyclic amines) is 1. The highest BCUT2D eigenvalue weighted by atomic mass is 79.9. The zero-order valence-electron chi connectivity index (χ0n) is 10.8. The summed E-state index contributed by atoms with van der Waals surface area (Å²) in [5.74, 6) is -1.10. The van der Waals surface area contributed by atoms with Gasteiger partial charge >= 0.3 is 0 Å². The fourth-order valence-corrected chi connectivity index (χ4v) is 3.27. The third kappa shape index (κ3) is 2.77. The first-order chi connectivity index (χ1) is 9.04. The van der Waals surface area contributed by atoms with E-state index in [1.54, 1.807) is 0 Å². The number of hydrogen-bond acceptors (Lipinski definition) is 2. The number of nitrogens with zero attached hydrogens (tertiary/aromatic N) is 1. The Morgan fingerprint density at radius 1 is 1.26 bits per heavy atom. The molecule has 2 unspecified atom stereocenters. The summed E-state index contributed by atoms with van der Waals surface area (Å²) in [6.45, 7) is 3.16. The first kappa shape index (κ1) is 13.3. The van der Waals surface area contributed by atoms with E-state index in [4.69, 9.17) is 0 Å². The molecular weight excluding hydrogens is 314 g/mol. The van der Waals surface area contributed by atoms with Crippen molar-refractivity contribution in [3.05, 3.63) is 28.2 Å². The molecule has 0 spiro atoms. The zero-order chi connectivity index (χ0) is 13.6. The molecule has 3 rings (SSSR count). The lowest BCUT2D eigenvalue weighted by molar-refractivity contribution is 0.257. The summed E-state index contributed by atoms with van der Waals surface area (Å²) in [5, 5.41) is 3.21. The first-order valence-electron chi connectivity index (χ1n) is 6.71. The normalized spacial score (nSPS) is 27.8. The molecule has 1 N–H and O–H groups in total. The van der Waals surface area contributed by atoms with Gasteiger partial charge < -0.3 is 5.32 Å². The molecule has 19 heavy (non-hydrogen) atoms. The maximum Gasteiger partial charge on any atom is 0.149 e. The fourth-order valence-electron chi connectivity index (χ4n) is 2.93. The molecule has 0 radical (unpaired) electrons. The minimum absolute atomic E-state index is 0.238. The summed E-state index contributed by atoms with van der Waals surface area (Å²) in [7, 11) is 0. The lowest BCUT2D eigenvalue weighted by atomic mass is 10.2. The van der Waals surface area contributed by atoms with Gasteiger partial charge in [-0.3, -0.25) is 4.90 Å². The number of halogens is 3. The molecule has 1 heterocycles. The van der Waals surface area contributed by atoms with E-state index in [2.05, 4.69) is 33.1 Å². The van der Waals surface area contributed by atoms with Gasteiger partial charge in [0, 0.05) is 30.7 Å². The van der Waals surface area contributed by atoms with Crippen LogP contribution in [-0.4, -0.2) is 29.6 Å². The Balaban J connectivity index is 1.70. The molecule has 0 aromatic heterocycles. The van der Waals surface area contributed by atoms with Crippen LogP contribution >= 0.6 is 15.9 Å². The van der Waals surface area contributed by atoms with Gasteiger partial charge in [-0.1, -0.05) is 0 Å². The molecule has 1 saturated carbocycles. The fraction of sp³-hybridized carbons (Fsp3) is 0.571. The van der Waals surface area contributed by atoms with Gasteiger partial charge in [0.25, 0.3) is 0 Å². The quantitative estimate of drug-likeness (QED) is 0.849. The monoisotopic (exact) mass is 330 g/mol. The van der Waals surface area contributed by atoms with E-state index < -0.39 is 11.6 Å². The van der Waals surface area contributed by atoms with Gasteiger partial charge in [0.05, 0.1) is 10.2 Å². The van der Waals surface area contributed by atoms with Gasteiger partial charge in [-0.15, -0.1) is 0 Å². The number of nitrogens with one attached hydrogen (secondary N) is 1. The van der Waals surface area contributed by atoms with Crippen molar-refractivity contribution >= 4 is 21.6 Å². The Kier molecular flexibility index (Phi) is 3.52. The minimum Gasteiger partial charge on any atom is -0.379 e. The highest BCUT2D eigenvalue weighted by Crippen LogP contribution is 2.34. The van der Waals surface area contributed by atoms with E-state index in [1.807, 2.05) is 0 Å². The van der Waals surface area contributed by atoms with E-state index in [0.717, 1.165) is 25.1 Å². The molecular formula is C14H17BrF2N2. The van der Waals surface area contributed by atoms with Crippen molar-refractivity contribution in [1.82, 2.24) is 4.90 Å². The van der Waals surface area contributed by atoms with Crippen LogP contribution in [0.1, 0.15) is 26.2 Å². The lowest BCUT2D eigenvalue weighted by Gasteiger charge is -2.20. The Labute approximate surface area is 120 Å². The Bertz CT molecular complexity index is 491. The van der Waals surface area contributed by atoms with Crippen molar-refractivity contribution in [1.29, 1.82) is 0 Å². The van der Waals surface area contributed by atoms with E-state index >= 15 is 0 Å². The smallest absolute Gasteiger partial charge is 0.149 e. The van der Waals surface area contributed by atoms with Crippen LogP contribution in [0.25, 0.3) is 0 Å². The molecule has 1 aliphatic carbocycles. The van der Waals surface area contributed by atoms with Gasteiger partial charge in [0.1, 0.15) is 11.6 Å². The van der Waals surface area contributed by atoms with Gasteiger partial charge in [-0.2, -0.15) is 0 Å². The summed E-state index contributed by atoms with van der Waals surface area (Å²) < 4.78 is 27.2. The highest BCUT2D eigenvalue weighted by molar-refractivity contribution is 9.10. The predicted molar refractivity (Wildman–Crippen MR) is 75.3 cm³/mol. The predicted octanol–water partition coefficient (Wildman–Crippen LogP) is 3.76. The molecule has 5 heteroatoms. The van der Waals surface area contributed by atoms with Crippen LogP contribution in [-0.2, 0) is 0 Å². The molecule has 2 atom stereocenters. The average Bonchev–Trinajstić information content (AvgIpc) is 3.11. The van der Waals surface area contributed by atoms with Crippen LogP contribution in [0.5, 0.6) is 0 Å².